The van der Waals surface area contributed by atoms with Gasteiger partial charge in [0.05, 0.1) is 35.7 Å². The minimum atomic E-state index is -0.520. The molecule has 0 bridgehead atoms. The summed E-state index contributed by atoms with van der Waals surface area (Å²) >= 11 is 0. The highest BCUT2D eigenvalue weighted by Crippen LogP contribution is 2.19. The summed E-state index contributed by atoms with van der Waals surface area (Å²) < 4.78 is 6.67. The van der Waals surface area contributed by atoms with Gasteiger partial charge < -0.3 is 24.8 Å². The molecule has 2 heterocycles. The van der Waals surface area contributed by atoms with Gasteiger partial charge in [0.15, 0.2) is 0 Å². The number of amides is 3. The summed E-state index contributed by atoms with van der Waals surface area (Å²) in [4.78, 5) is 43.2. The van der Waals surface area contributed by atoms with Crippen molar-refractivity contribution in [2.24, 2.45) is 0 Å². The second-order valence-electron chi connectivity index (χ2n) is 7.91. The largest absolute Gasteiger partial charge is 0.465 e. The first-order valence-electron chi connectivity index (χ1n) is 11.0. The van der Waals surface area contributed by atoms with Crippen LogP contribution in [-0.2, 0) is 11.3 Å². The zero-order valence-corrected chi connectivity index (χ0v) is 18.5. The van der Waals surface area contributed by atoms with Crippen molar-refractivity contribution in [1.82, 2.24) is 19.8 Å². The number of methoxy groups -OCH3 is 1. The predicted molar refractivity (Wildman–Crippen MR) is 124 cm³/mol. The number of imidazole rings is 1. The van der Waals surface area contributed by atoms with Crippen LogP contribution >= 0.6 is 0 Å². The predicted octanol–water partition coefficient (Wildman–Crippen LogP) is 3.27. The molecule has 0 saturated carbocycles. The Morgan fingerprint density at radius 1 is 1.06 bits per heavy atom. The van der Waals surface area contributed by atoms with E-state index in [9.17, 15) is 14.4 Å². The number of aromatic nitrogens is 2. The van der Waals surface area contributed by atoms with Crippen LogP contribution in [-0.4, -0.2) is 59.1 Å². The molecule has 0 unspecified atom stereocenters. The van der Waals surface area contributed by atoms with Crippen molar-refractivity contribution < 1.29 is 19.1 Å². The number of carbonyl (C=O) groups is 3. The third kappa shape index (κ3) is 5.14. The van der Waals surface area contributed by atoms with Gasteiger partial charge in [0.1, 0.15) is 0 Å². The fourth-order valence-electron chi connectivity index (χ4n) is 3.99. The molecule has 2 N–H and O–H groups in total. The number of fused-ring (bicyclic) bond motifs is 1. The number of hydrogen-bond donors (Lipinski definition) is 2. The third-order valence-corrected chi connectivity index (χ3v) is 5.73. The Morgan fingerprint density at radius 3 is 2.64 bits per heavy atom. The molecular formula is C24H27N5O4. The SMILES string of the molecule is COC(=O)c1ccccc1NC(=O)NCCn1cnc2cc(C(=O)N3CCCCC3)ccc21. The summed E-state index contributed by atoms with van der Waals surface area (Å²) in [6.45, 7) is 2.47. The molecule has 0 atom stereocenters. The Balaban J connectivity index is 1.35. The van der Waals surface area contributed by atoms with Crippen LogP contribution in [0.1, 0.15) is 40.0 Å². The highest BCUT2D eigenvalue weighted by atomic mass is 16.5. The average Bonchev–Trinajstić information content (AvgIpc) is 3.26. The van der Waals surface area contributed by atoms with Crippen molar-refractivity contribution in [3.63, 3.8) is 0 Å². The van der Waals surface area contributed by atoms with E-state index in [0.29, 0.717) is 24.3 Å². The number of hydrogen-bond acceptors (Lipinski definition) is 5. The number of likely N-dealkylation sites (tertiary alicyclic amines) is 1. The van der Waals surface area contributed by atoms with E-state index < -0.39 is 12.0 Å². The zero-order chi connectivity index (χ0) is 23.2. The van der Waals surface area contributed by atoms with E-state index >= 15 is 0 Å². The molecule has 9 heteroatoms. The molecule has 1 aliphatic heterocycles. The van der Waals surface area contributed by atoms with Gasteiger partial charge in [0.2, 0.25) is 0 Å². The Kier molecular flexibility index (Phi) is 6.87. The minimum absolute atomic E-state index is 0.0525. The van der Waals surface area contributed by atoms with E-state index in [1.165, 1.54) is 13.5 Å². The Bertz CT molecular complexity index is 1170. The van der Waals surface area contributed by atoms with E-state index in [1.807, 2.05) is 27.7 Å². The number of piperidine rings is 1. The summed E-state index contributed by atoms with van der Waals surface area (Å²) in [5, 5.41) is 5.46. The van der Waals surface area contributed by atoms with Crippen LogP contribution in [0.2, 0.25) is 0 Å². The van der Waals surface area contributed by atoms with Gasteiger partial charge in [0.25, 0.3) is 5.91 Å². The Hall–Kier alpha value is -3.88. The molecule has 1 saturated heterocycles. The van der Waals surface area contributed by atoms with Gasteiger partial charge in [-0.15, -0.1) is 0 Å². The topological polar surface area (TPSA) is 106 Å². The number of ether oxygens (including phenoxy) is 1. The van der Waals surface area contributed by atoms with Crippen molar-refractivity contribution >= 4 is 34.6 Å². The number of carbonyl (C=O) groups excluding carboxylic acids is 3. The van der Waals surface area contributed by atoms with Crippen LogP contribution in [0.4, 0.5) is 10.5 Å². The van der Waals surface area contributed by atoms with Crippen LogP contribution in [0.15, 0.2) is 48.8 Å². The van der Waals surface area contributed by atoms with E-state index in [4.69, 9.17) is 4.74 Å². The zero-order valence-electron chi connectivity index (χ0n) is 18.5. The summed E-state index contributed by atoms with van der Waals surface area (Å²) in [7, 11) is 1.29. The van der Waals surface area contributed by atoms with E-state index in [2.05, 4.69) is 15.6 Å². The normalized spacial score (nSPS) is 13.5. The van der Waals surface area contributed by atoms with Crippen LogP contribution in [0.5, 0.6) is 0 Å². The van der Waals surface area contributed by atoms with Gasteiger partial charge in [-0.3, -0.25) is 4.79 Å². The highest BCUT2D eigenvalue weighted by molar-refractivity contribution is 6.00. The number of urea groups is 1. The first-order valence-corrected chi connectivity index (χ1v) is 11.0. The smallest absolute Gasteiger partial charge is 0.339 e. The highest BCUT2D eigenvalue weighted by Gasteiger charge is 2.19. The van der Waals surface area contributed by atoms with E-state index in [0.717, 1.165) is 37.0 Å². The van der Waals surface area contributed by atoms with Crippen LogP contribution < -0.4 is 10.6 Å². The van der Waals surface area contributed by atoms with Gasteiger partial charge in [-0.05, 0) is 49.6 Å². The second kappa shape index (κ2) is 10.2. The van der Waals surface area contributed by atoms with Crippen molar-refractivity contribution in [3.8, 4) is 0 Å². The van der Waals surface area contributed by atoms with Gasteiger partial charge in [0, 0.05) is 31.7 Å². The summed E-state index contributed by atoms with van der Waals surface area (Å²) in [5.74, 6) is -0.467. The van der Waals surface area contributed by atoms with Crippen molar-refractivity contribution in [2.45, 2.75) is 25.8 Å². The molecular weight excluding hydrogens is 422 g/mol. The molecule has 9 nitrogen and oxygen atoms in total. The molecule has 0 aliphatic carbocycles. The van der Waals surface area contributed by atoms with Gasteiger partial charge in [-0.2, -0.15) is 0 Å². The monoisotopic (exact) mass is 449 g/mol. The number of esters is 1. The molecule has 3 aromatic rings. The fourth-order valence-corrected chi connectivity index (χ4v) is 3.99. The standard InChI is InChI=1S/C24H27N5O4/c1-33-23(31)18-7-3-4-8-19(18)27-24(32)25-11-14-29-16-26-20-15-17(9-10-21(20)29)22(30)28-12-5-2-6-13-28/h3-4,7-10,15-16H,2,5-6,11-14H2,1H3,(H2,25,27,32). The molecule has 4 rings (SSSR count). The molecule has 1 aliphatic rings. The first kappa shape index (κ1) is 22.3. The number of anilines is 1. The molecule has 0 radical (unpaired) electrons. The van der Waals surface area contributed by atoms with Crippen LogP contribution in [0, 0.1) is 0 Å². The summed E-state index contributed by atoms with van der Waals surface area (Å²) in [6.07, 6.45) is 4.98. The quantitative estimate of drug-likeness (QED) is 0.562. The second-order valence-corrected chi connectivity index (χ2v) is 7.91. The van der Waals surface area contributed by atoms with Crippen LogP contribution in [0.3, 0.4) is 0 Å². The fraction of sp³-hybridized carbons (Fsp3) is 0.333. The molecule has 1 aromatic heterocycles. The first-order chi connectivity index (χ1) is 16.1. The molecule has 172 valence electrons. The van der Waals surface area contributed by atoms with Crippen molar-refractivity contribution in [3.05, 3.63) is 59.9 Å². The lowest BCUT2D eigenvalue weighted by atomic mass is 10.1. The van der Waals surface area contributed by atoms with Gasteiger partial charge in [-0.1, -0.05) is 12.1 Å². The van der Waals surface area contributed by atoms with E-state index in [1.54, 1.807) is 30.6 Å². The molecule has 2 aromatic carbocycles. The maximum atomic E-state index is 12.7. The summed E-state index contributed by atoms with van der Waals surface area (Å²) in [6, 6.07) is 11.8. The third-order valence-electron chi connectivity index (χ3n) is 5.73. The molecule has 1 fully saturated rings. The lowest BCUT2D eigenvalue weighted by Gasteiger charge is -2.26. The molecule has 0 spiro atoms. The number of benzene rings is 2. The number of rotatable bonds is 6. The maximum Gasteiger partial charge on any atom is 0.339 e. The van der Waals surface area contributed by atoms with Crippen LogP contribution in [0.25, 0.3) is 11.0 Å². The average molecular weight is 450 g/mol. The maximum absolute atomic E-state index is 12.7. The Morgan fingerprint density at radius 2 is 1.85 bits per heavy atom. The molecule has 33 heavy (non-hydrogen) atoms. The minimum Gasteiger partial charge on any atom is -0.465 e. The number of nitrogens with one attached hydrogen (secondary N) is 2. The van der Waals surface area contributed by atoms with Crippen molar-refractivity contribution in [1.29, 1.82) is 0 Å². The van der Waals surface area contributed by atoms with E-state index in [-0.39, 0.29) is 11.5 Å². The van der Waals surface area contributed by atoms with Crippen molar-refractivity contribution in [2.75, 3.05) is 32.1 Å². The number of nitrogens with zero attached hydrogens (tertiary/aromatic N) is 3. The lowest BCUT2D eigenvalue weighted by molar-refractivity contribution is 0.0601. The Labute approximate surface area is 191 Å². The molecule has 3 amide bonds. The summed E-state index contributed by atoms with van der Waals surface area (Å²) in [5.41, 5.74) is 2.95. The van der Waals surface area contributed by atoms with Gasteiger partial charge in [-0.25, -0.2) is 14.6 Å². The lowest BCUT2D eigenvalue weighted by Crippen LogP contribution is -2.35. The van der Waals surface area contributed by atoms with Gasteiger partial charge >= 0.3 is 12.0 Å². The number of para-hydroxylation sites is 1.